The van der Waals surface area contributed by atoms with Gasteiger partial charge in [-0.25, -0.2) is 4.79 Å². The molecule has 2 N–H and O–H groups in total. The molecule has 4 heterocycles. The molecule has 0 aromatic carbocycles. The summed E-state index contributed by atoms with van der Waals surface area (Å²) in [6, 6.07) is 0. The fraction of sp³-hybridized carbons (Fsp3) is 0.633. The molecule has 0 unspecified atom stereocenters. The number of fused-ring (bicyclic) bond motifs is 4. The van der Waals surface area contributed by atoms with Gasteiger partial charge >= 0.3 is 5.97 Å². The van der Waals surface area contributed by atoms with E-state index < -0.39 is 36.5 Å². The van der Waals surface area contributed by atoms with Crippen molar-refractivity contribution in [1.29, 1.82) is 0 Å². The van der Waals surface area contributed by atoms with Crippen LogP contribution in [0.3, 0.4) is 0 Å². The van der Waals surface area contributed by atoms with Crippen LogP contribution in [0.25, 0.3) is 0 Å². The van der Waals surface area contributed by atoms with Gasteiger partial charge in [-0.2, -0.15) is 0 Å². The van der Waals surface area contributed by atoms with Gasteiger partial charge in [-0.3, -0.25) is 0 Å². The Balaban J connectivity index is 1.49. The minimum atomic E-state index is -1.12. The normalized spacial score (nSPS) is 40.2. The second-order valence-electron chi connectivity index (χ2n) is 11.0. The van der Waals surface area contributed by atoms with Gasteiger partial charge in [0.15, 0.2) is 0 Å². The number of hydrogen-bond donors (Lipinski definition) is 2. The average Bonchev–Trinajstić information content (AvgIpc) is 3.24. The van der Waals surface area contributed by atoms with E-state index in [0.717, 1.165) is 31.3 Å². The lowest BCUT2D eigenvalue weighted by molar-refractivity contribution is -0.144. The summed E-state index contributed by atoms with van der Waals surface area (Å²) in [5, 5.41) is 21.7. The van der Waals surface area contributed by atoms with Crippen LogP contribution in [-0.4, -0.2) is 71.6 Å². The van der Waals surface area contributed by atoms with E-state index in [1.54, 1.807) is 6.08 Å². The monoisotopic (exact) mass is 514 g/mol. The third-order valence-corrected chi connectivity index (χ3v) is 7.53. The standard InChI is InChI=1S/C30H42O7/c1-19-12-13-34-23(15-19)10-11-26-27-18-28(36-26)30(33)25(31)17-21(3)14-20(2)16-24-8-4-6-22(35-24)7-5-9-29(32)37-27/h4-6,9-12,20,22-28,30-31,33H,3,7-8,13-18H2,1-2H3/t20-,22-,23+,24-,25-,26-,27-,28+,30-/m0/s1. The highest BCUT2D eigenvalue weighted by molar-refractivity contribution is 5.82. The maximum atomic E-state index is 12.7. The Kier molecular flexibility index (Phi) is 9.96. The summed E-state index contributed by atoms with van der Waals surface area (Å²) in [7, 11) is 0. The van der Waals surface area contributed by atoms with Crippen molar-refractivity contribution in [3.05, 3.63) is 60.3 Å². The number of carbonyl (C=O) groups is 1. The Labute approximate surface area is 220 Å². The molecule has 4 bridgehead atoms. The molecule has 204 valence electrons. The molecule has 0 saturated carbocycles. The molecule has 7 nitrogen and oxygen atoms in total. The zero-order valence-corrected chi connectivity index (χ0v) is 22.0. The summed E-state index contributed by atoms with van der Waals surface area (Å²) in [6.45, 7) is 8.95. The Morgan fingerprint density at radius 3 is 2.68 bits per heavy atom. The molecule has 0 aromatic rings. The van der Waals surface area contributed by atoms with Crippen molar-refractivity contribution in [3.8, 4) is 0 Å². The van der Waals surface area contributed by atoms with Crippen molar-refractivity contribution in [1.82, 2.24) is 0 Å². The van der Waals surface area contributed by atoms with Crippen molar-refractivity contribution >= 4 is 5.97 Å². The molecular formula is C30H42O7. The molecule has 4 aliphatic heterocycles. The highest BCUT2D eigenvalue weighted by Crippen LogP contribution is 2.31. The second kappa shape index (κ2) is 13.2. The molecule has 0 spiro atoms. The smallest absolute Gasteiger partial charge is 0.330 e. The molecule has 4 rings (SSSR count). The zero-order valence-electron chi connectivity index (χ0n) is 22.0. The summed E-state index contributed by atoms with van der Waals surface area (Å²) in [5.41, 5.74) is 2.15. The Bertz CT molecular complexity index is 919. The van der Waals surface area contributed by atoms with Crippen LogP contribution < -0.4 is 0 Å². The Hall–Kier alpha value is -2.03. The van der Waals surface area contributed by atoms with Gasteiger partial charge in [0.2, 0.25) is 0 Å². The molecular weight excluding hydrogens is 472 g/mol. The van der Waals surface area contributed by atoms with Crippen LogP contribution in [0, 0.1) is 5.92 Å². The van der Waals surface area contributed by atoms with Crippen LogP contribution in [0.1, 0.15) is 58.8 Å². The Morgan fingerprint density at radius 1 is 1.03 bits per heavy atom. The van der Waals surface area contributed by atoms with Gasteiger partial charge < -0.3 is 29.2 Å². The van der Waals surface area contributed by atoms with E-state index in [-0.39, 0.29) is 31.2 Å². The molecule has 0 aromatic heterocycles. The third kappa shape index (κ3) is 8.23. The first-order valence-electron chi connectivity index (χ1n) is 13.6. The summed E-state index contributed by atoms with van der Waals surface area (Å²) in [4.78, 5) is 12.7. The summed E-state index contributed by atoms with van der Waals surface area (Å²) < 4.78 is 23.9. The van der Waals surface area contributed by atoms with Crippen molar-refractivity contribution < 1.29 is 34.0 Å². The van der Waals surface area contributed by atoms with E-state index in [1.165, 1.54) is 11.6 Å². The summed E-state index contributed by atoms with van der Waals surface area (Å²) >= 11 is 0. The van der Waals surface area contributed by atoms with Gasteiger partial charge in [-0.05, 0) is 51.4 Å². The maximum Gasteiger partial charge on any atom is 0.330 e. The van der Waals surface area contributed by atoms with Gasteiger partial charge in [-0.1, -0.05) is 61.1 Å². The first-order valence-corrected chi connectivity index (χ1v) is 13.6. The molecule has 0 aliphatic carbocycles. The first kappa shape index (κ1) is 28.0. The fourth-order valence-corrected chi connectivity index (χ4v) is 5.62. The molecule has 9 atom stereocenters. The molecule has 1 saturated heterocycles. The minimum absolute atomic E-state index is 0.0723. The topological polar surface area (TPSA) is 94.5 Å². The predicted molar refractivity (Wildman–Crippen MR) is 141 cm³/mol. The largest absolute Gasteiger partial charge is 0.456 e. The van der Waals surface area contributed by atoms with Crippen LogP contribution in [0.5, 0.6) is 0 Å². The second-order valence-corrected chi connectivity index (χ2v) is 11.0. The quantitative estimate of drug-likeness (QED) is 0.423. The van der Waals surface area contributed by atoms with Crippen molar-refractivity contribution in [3.63, 3.8) is 0 Å². The van der Waals surface area contributed by atoms with Crippen LogP contribution >= 0.6 is 0 Å². The zero-order chi connectivity index (χ0) is 26.4. The molecule has 7 heteroatoms. The van der Waals surface area contributed by atoms with Crippen LogP contribution in [0.2, 0.25) is 0 Å². The predicted octanol–water partition coefficient (Wildman–Crippen LogP) is 4.11. The third-order valence-electron chi connectivity index (χ3n) is 7.53. The number of aliphatic hydroxyl groups is 2. The van der Waals surface area contributed by atoms with E-state index in [1.807, 2.05) is 18.2 Å². The van der Waals surface area contributed by atoms with E-state index in [2.05, 4.69) is 32.6 Å². The lowest BCUT2D eigenvalue weighted by Crippen LogP contribution is -2.37. The molecule has 1 fully saturated rings. The van der Waals surface area contributed by atoms with Gasteiger partial charge in [-0.15, -0.1) is 0 Å². The lowest BCUT2D eigenvalue weighted by Gasteiger charge is -2.28. The number of carbonyl (C=O) groups excluding carboxylic acids is 1. The molecule has 37 heavy (non-hydrogen) atoms. The number of esters is 1. The van der Waals surface area contributed by atoms with Gasteiger partial charge in [0, 0.05) is 12.5 Å². The fourth-order valence-electron chi connectivity index (χ4n) is 5.62. The maximum absolute atomic E-state index is 12.7. The molecule has 0 radical (unpaired) electrons. The average molecular weight is 515 g/mol. The van der Waals surface area contributed by atoms with Crippen molar-refractivity contribution in [2.75, 3.05) is 6.61 Å². The molecule has 0 amide bonds. The van der Waals surface area contributed by atoms with Gasteiger partial charge in [0.1, 0.15) is 18.3 Å². The summed E-state index contributed by atoms with van der Waals surface area (Å²) in [5.74, 6) is -0.129. The van der Waals surface area contributed by atoms with E-state index in [0.29, 0.717) is 18.9 Å². The van der Waals surface area contributed by atoms with Crippen molar-refractivity contribution in [2.45, 2.75) is 108 Å². The number of hydrogen-bond acceptors (Lipinski definition) is 7. The Morgan fingerprint density at radius 2 is 1.86 bits per heavy atom. The van der Waals surface area contributed by atoms with Crippen LogP contribution in [0.4, 0.5) is 0 Å². The van der Waals surface area contributed by atoms with E-state index >= 15 is 0 Å². The van der Waals surface area contributed by atoms with E-state index in [4.69, 9.17) is 18.9 Å². The van der Waals surface area contributed by atoms with Gasteiger partial charge in [0.25, 0.3) is 0 Å². The SMILES string of the molecule is C=C1C[C@H](C)C[C@@H]2CC=C[C@@H](CC=CC(=O)O[C@H]3C[C@@H](O[C@H]3C=C[C@@H]3CC(C)=CCO3)[C@@H](O)[C@@H](O)C1)O2. The highest BCUT2D eigenvalue weighted by atomic mass is 16.6. The lowest BCUT2D eigenvalue weighted by atomic mass is 9.90. The highest BCUT2D eigenvalue weighted by Gasteiger charge is 2.42. The van der Waals surface area contributed by atoms with Crippen LogP contribution in [0.15, 0.2) is 60.3 Å². The van der Waals surface area contributed by atoms with Crippen LogP contribution in [-0.2, 0) is 23.7 Å². The van der Waals surface area contributed by atoms with Gasteiger partial charge in [0.05, 0.1) is 37.1 Å². The first-order chi connectivity index (χ1) is 17.8. The number of aliphatic hydroxyl groups excluding tert-OH is 2. The minimum Gasteiger partial charge on any atom is -0.456 e. The molecule has 4 aliphatic rings. The number of rotatable bonds is 2. The van der Waals surface area contributed by atoms with E-state index in [9.17, 15) is 15.0 Å². The summed E-state index contributed by atoms with van der Waals surface area (Å²) in [6.07, 6.45) is 13.7. The van der Waals surface area contributed by atoms with Crippen molar-refractivity contribution in [2.24, 2.45) is 5.92 Å². The number of ether oxygens (including phenoxy) is 4.